The van der Waals surface area contributed by atoms with Crippen molar-refractivity contribution in [2.45, 2.75) is 19.9 Å². The Kier molecular flexibility index (Phi) is 4.98. The van der Waals surface area contributed by atoms with Crippen molar-refractivity contribution in [2.24, 2.45) is 7.05 Å². The minimum atomic E-state index is -0.587. The van der Waals surface area contributed by atoms with E-state index in [1.165, 1.54) is 23.1 Å². The molecule has 4 rings (SSSR count). The van der Waals surface area contributed by atoms with E-state index >= 15 is 0 Å². The van der Waals surface area contributed by atoms with Crippen LogP contribution in [0.3, 0.4) is 0 Å². The quantitative estimate of drug-likeness (QED) is 0.552. The van der Waals surface area contributed by atoms with Crippen LogP contribution < -0.4 is 5.32 Å². The second-order valence-corrected chi connectivity index (χ2v) is 6.97. The topological polar surface area (TPSA) is 101 Å². The standard InChI is InChI=1S/C21H18FN7O/c1-13-17-7-14(4-6-19(17)28(2)26-13)9-21(30)25-20-11-24-29(27-20)12-15-3-5-16(10-23)18(22)8-15/h3-8,11H,9,12H2,1-2H3,(H,25,27,30). The zero-order chi connectivity index (χ0) is 21.3. The second-order valence-electron chi connectivity index (χ2n) is 6.97. The number of rotatable bonds is 5. The molecule has 1 N–H and O–H groups in total. The van der Waals surface area contributed by atoms with Gasteiger partial charge in [-0.2, -0.15) is 20.3 Å². The summed E-state index contributed by atoms with van der Waals surface area (Å²) in [5, 5.41) is 25.2. The number of carbonyl (C=O) groups excluding carboxylic acids is 1. The van der Waals surface area contributed by atoms with Crippen molar-refractivity contribution in [2.75, 3.05) is 5.32 Å². The van der Waals surface area contributed by atoms with Crippen LogP contribution >= 0.6 is 0 Å². The fourth-order valence-electron chi connectivity index (χ4n) is 3.31. The van der Waals surface area contributed by atoms with Gasteiger partial charge in [0.1, 0.15) is 11.9 Å². The van der Waals surface area contributed by atoms with E-state index in [1.807, 2.05) is 36.9 Å². The van der Waals surface area contributed by atoms with E-state index in [0.29, 0.717) is 11.4 Å². The summed E-state index contributed by atoms with van der Waals surface area (Å²) in [5.74, 6) is -0.489. The average molecular weight is 403 g/mol. The van der Waals surface area contributed by atoms with Gasteiger partial charge >= 0.3 is 0 Å². The number of anilines is 1. The SMILES string of the molecule is Cc1nn(C)c2ccc(CC(=O)Nc3cnn(Cc4ccc(C#N)c(F)c4)n3)cc12. The molecule has 2 aromatic carbocycles. The van der Waals surface area contributed by atoms with E-state index in [-0.39, 0.29) is 24.4 Å². The van der Waals surface area contributed by atoms with E-state index in [1.54, 1.807) is 12.1 Å². The number of nitrogens with one attached hydrogen (secondary N) is 1. The Hall–Kier alpha value is -4.06. The van der Waals surface area contributed by atoms with Gasteiger partial charge in [0.05, 0.1) is 35.9 Å². The van der Waals surface area contributed by atoms with Crippen molar-refractivity contribution in [1.82, 2.24) is 24.8 Å². The molecule has 2 heterocycles. The Balaban J connectivity index is 1.41. The fraction of sp³-hybridized carbons (Fsp3) is 0.190. The van der Waals surface area contributed by atoms with Gasteiger partial charge in [-0.1, -0.05) is 12.1 Å². The molecule has 0 radical (unpaired) electrons. The lowest BCUT2D eigenvalue weighted by molar-refractivity contribution is -0.115. The molecule has 1 amide bonds. The van der Waals surface area contributed by atoms with Gasteiger partial charge in [0.25, 0.3) is 0 Å². The normalized spacial score (nSPS) is 10.9. The number of nitrogens with zero attached hydrogens (tertiary/aromatic N) is 6. The first-order valence-electron chi connectivity index (χ1n) is 9.23. The van der Waals surface area contributed by atoms with Crippen LogP contribution in [0.2, 0.25) is 0 Å². The number of hydrogen-bond donors (Lipinski definition) is 1. The van der Waals surface area contributed by atoms with Crippen LogP contribution in [0.5, 0.6) is 0 Å². The number of aromatic nitrogens is 5. The molecule has 8 nitrogen and oxygen atoms in total. The van der Waals surface area contributed by atoms with Crippen molar-refractivity contribution in [3.8, 4) is 6.07 Å². The molecule has 0 spiro atoms. The lowest BCUT2D eigenvalue weighted by Gasteiger charge is -2.04. The van der Waals surface area contributed by atoms with Crippen LogP contribution in [0.25, 0.3) is 10.9 Å². The van der Waals surface area contributed by atoms with E-state index in [2.05, 4.69) is 20.6 Å². The molecular formula is C21H18FN7O. The number of hydrogen-bond acceptors (Lipinski definition) is 5. The molecule has 0 atom stereocenters. The summed E-state index contributed by atoms with van der Waals surface area (Å²) in [6, 6.07) is 11.9. The number of carbonyl (C=O) groups is 1. The van der Waals surface area contributed by atoms with Crippen molar-refractivity contribution in [1.29, 1.82) is 5.26 Å². The highest BCUT2D eigenvalue weighted by Crippen LogP contribution is 2.19. The Bertz CT molecular complexity index is 1300. The summed E-state index contributed by atoms with van der Waals surface area (Å²) in [6.07, 6.45) is 1.63. The predicted molar refractivity (Wildman–Crippen MR) is 108 cm³/mol. The maximum atomic E-state index is 13.7. The summed E-state index contributed by atoms with van der Waals surface area (Å²) < 4.78 is 15.5. The number of halogens is 1. The van der Waals surface area contributed by atoms with Gasteiger partial charge in [0, 0.05) is 12.4 Å². The highest BCUT2D eigenvalue weighted by molar-refractivity contribution is 5.92. The van der Waals surface area contributed by atoms with Crippen LogP contribution in [0.1, 0.15) is 22.4 Å². The van der Waals surface area contributed by atoms with Gasteiger partial charge in [-0.3, -0.25) is 9.48 Å². The molecule has 0 aliphatic rings. The van der Waals surface area contributed by atoms with E-state index in [9.17, 15) is 9.18 Å². The highest BCUT2D eigenvalue weighted by Gasteiger charge is 2.11. The van der Waals surface area contributed by atoms with Gasteiger partial charge in [-0.05, 0) is 42.3 Å². The van der Waals surface area contributed by atoms with Gasteiger partial charge in [0.2, 0.25) is 5.91 Å². The number of benzene rings is 2. The van der Waals surface area contributed by atoms with Crippen LogP contribution in [-0.4, -0.2) is 30.7 Å². The van der Waals surface area contributed by atoms with E-state index in [4.69, 9.17) is 5.26 Å². The number of fused-ring (bicyclic) bond motifs is 1. The third kappa shape index (κ3) is 3.89. The first-order valence-corrected chi connectivity index (χ1v) is 9.23. The Morgan fingerprint density at radius 1 is 1.20 bits per heavy atom. The maximum Gasteiger partial charge on any atom is 0.230 e. The monoisotopic (exact) mass is 403 g/mol. The molecule has 0 bridgehead atoms. The molecule has 30 heavy (non-hydrogen) atoms. The molecule has 0 saturated carbocycles. The predicted octanol–water partition coefficient (Wildman–Crippen LogP) is 2.71. The molecule has 2 aromatic heterocycles. The van der Waals surface area contributed by atoms with Gasteiger partial charge in [-0.25, -0.2) is 4.39 Å². The summed E-state index contributed by atoms with van der Waals surface area (Å²) in [5.41, 5.74) is 3.40. The third-order valence-electron chi connectivity index (χ3n) is 4.75. The highest BCUT2D eigenvalue weighted by atomic mass is 19.1. The van der Waals surface area contributed by atoms with Crippen molar-refractivity contribution in [3.05, 3.63) is 70.8 Å². The minimum Gasteiger partial charge on any atom is -0.308 e. The van der Waals surface area contributed by atoms with Gasteiger partial charge < -0.3 is 5.32 Å². The Morgan fingerprint density at radius 3 is 2.77 bits per heavy atom. The van der Waals surface area contributed by atoms with Gasteiger partial charge in [-0.15, -0.1) is 5.10 Å². The van der Waals surface area contributed by atoms with E-state index in [0.717, 1.165) is 22.2 Å². The lowest BCUT2D eigenvalue weighted by Crippen LogP contribution is -2.15. The minimum absolute atomic E-state index is 0.0141. The molecule has 0 aliphatic carbocycles. The van der Waals surface area contributed by atoms with Crippen molar-refractivity contribution < 1.29 is 9.18 Å². The zero-order valence-corrected chi connectivity index (χ0v) is 16.4. The summed E-state index contributed by atoms with van der Waals surface area (Å²) in [7, 11) is 1.89. The smallest absolute Gasteiger partial charge is 0.230 e. The first kappa shape index (κ1) is 19.3. The molecule has 0 aliphatic heterocycles. The largest absolute Gasteiger partial charge is 0.308 e. The summed E-state index contributed by atoms with van der Waals surface area (Å²) in [4.78, 5) is 13.8. The molecule has 4 aromatic rings. The van der Waals surface area contributed by atoms with Crippen molar-refractivity contribution in [3.63, 3.8) is 0 Å². The van der Waals surface area contributed by atoms with Crippen LogP contribution in [-0.2, 0) is 24.8 Å². The molecule has 150 valence electrons. The number of aryl methyl sites for hydroxylation is 2. The number of nitriles is 1. The molecule has 9 heteroatoms. The van der Waals surface area contributed by atoms with Crippen LogP contribution in [0, 0.1) is 24.1 Å². The molecular weight excluding hydrogens is 385 g/mol. The first-order chi connectivity index (χ1) is 14.4. The van der Waals surface area contributed by atoms with Gasteiger partial charge in [0.15, 0.2) is 5.82 Å². The fourth-order valence-corrected chi connectivity index (χ4v) is 3.31. The summed E-state index contributed by atoms with van der Waals surface area (Å²) in [6.45, 7) is 2.15. The average Bonchev–Trinajstić information content (AvgIpc) is 3.25. The van der Waals surface area contributed by atoms with Crippen LogP contribution in [0.4, 0.5) is 10.2 Å². The Labute approximate surface area is 171 Å². The number of amides is 1. The molecule has 0 saturated heterocycles. The second kappa shape index (κ2) is 7.75. The molecule has 0 fully saturated rings. The third-order valence-corrected chi connectivity index (χ3v) is 4.75. The zero-order valence-electron chi connectivity index (χ0n) is 16.4. The lowest BCUT2D eigenvalue weighted by atomic mass is 10.1. The Morgan fingerprint density at radius 2 is 2.00 bits per heavy atom. The summed E-state index contributed by atoms with van der Waals surface area (Å²) >= 11 is 0. The van der Waals surface area contributed by atoms with E-state index < -0.39 is 5.82 Å². The van der Waals surface area contributed by atoms with Crippen molar-refractivity contribution >= 4 is 22.6 Å². The van der Waals surface area contributed by atoms with Crippen LogP contribution in [0.15, 0.2) is 42.6 Å². The molecule has 0 unspecified atom stereocenters. The maximum absolute atomic E-state index is 13.7.